The maximum absolute atomic E-state index is 12.1. The molecular formula is C14H20ClNO. The van der Waals surface area contributed by atoms with Crippen molar-refractivity contribution in [3.05, 3.63) is 35.9 Å². The summed E-state index contributed by atoms with van der Waals surface area (Å²) in [5.74, 6) is 0.744. The summed E-state index contributed by atoms with van der Waals surface area (Å²) in [6.07, 6.45) is 0.867. The van der Waals surface area contributed by atoms with Crippen LogP contribution in [0.3, 0.4) is 0 Å². The van der Waals surface area contributed by atoms with Gasteiger partial charge in [0.1, 0.15) is 0 Å². The zero-order valence-electron chi connectivity index (χ0n) is 10.5. The SMILES string of the molecule is CCC(C)C(=O)N(CCCl)Cc1ccccc1. The third-order valence-corrected chi connectivity index (χ3v) is 3.09. The number of benzene rings is 1. The summed E-state index contributed by atoms with van der Waals surface area (Å²) in [5, 5.41) is 0. The number of halogens is 1. The van der Waals surface area contributed by atoms with Crippen LogP contribution in [0, 0.1) is 5.92 Å². The van der Waals surface area contributed by atoms with Gasteiger partial charge in [-0.3, -0.25) is 4.79 Å². The Morgan fingerprint density at radius 3 is 2.53 bits per heavy atom. The molecule has 94 valence electrons. The minimum Gasteiger partial charge on any atom is -0.337 e. The van der Waals surface area contributed by atoms with Crippen molar-refractivity contribution in [1.82, 2.24) is 4.90 Å². The second-order valence-corrected chi connectivity index (χ2v) is 4.62. The minimum atomic E-state index is 0.0712. The maximum Gasteiger partial charge on any atom is 0.225 e. The number of hydrogen-bond acceptors (Lipinski definition) is 1. The van der Waals surface area contributed by atoms with Crippen molar-refractivity contribution >= 4 is 17.5 Å². The largest absolute Gasteiger partial charge is 0.337 e. The summed E-state index contributed by atoms with van der Waals surface area (Å²) in [7, 11) is 0. The van der Waals surface area contributed by atoms with Gasteiger partial charge in [0.2, 0.25) is 5.91 Å². The highest BCUT2D eigenvalue weighted by molar-refractivity contribution is 6.18. The van der Waals surface area contributed by atoms with Gasteiger partial charge >= 0.3 is 0 Å². The molecule has 0 aliphatic carbocycles. The molecular weight excluding hydrogens is 234 g/mol. The first-order valence-electron chi connectivity index (χ1n) is 6.07. The molecule has 0 aliphatic rings. The molecule has 0 saturated heterocycles. The minimum absolute atomic E-state index is 0.0712. The van der Waals surface area contributed by atoms with Crippen LogP contribution in [0.4, 0.5) is 0 Å². The number of carbonyl (C=O) groups excluding carboxylic acids is 1. The van der Waals surface area contributed by atoms with Crippen molar-refractivity contribution < 1.29 is 4.79 Å². The zero-order chi connectivity index (χ0) is 12.7. The third-order valence-electron chi connectivity index (χ3n) is 2.92. The quantitative estimate of drug-likeness (QED) is 0.713. The molecule has 0 aromatic heterocycles. The van der Waals surface area contributed by atoms with E-state index in [1.54, 1.807) is 0 Å². The average molecular weight is 254 g/mol. The van der Waals surface area contributed by atoms with E-state index in [0.717, 1.165) is 12.0 Å². The first kappa shape index (κ1) is 14.0. The molecule has 0 spiro atoms. The highest BCUT2D eigenvalue weighted by atomic mass is 35.5. The summed E-state index contributed by atoms with van der Waals surface area (Å²) < 4.78 is 0. The second-order valence-electron chi connectivity index (χ2n) is 4.24. The Kier molecular flexibility index (Phi) is 6.06. The molecule has 17 heavy (non-hydrogen) atoms. The molecule has 0 bridgehead atoms. The van der Waals surface area contributed by atoms with Gasteiger partial charge in [0.25, 0.3) is 0 Å². The summed E-state index contributed by atoms with van der Waals surface area (Å²) in [6, 6.07) is 10.0. The highest BCUT2D eigenvalue weighted by Gasteiger charge is 2.18. The van der Waals surface area contributed by atoms with Crippen LogP contribution in [0.1, 0.15) is 25.8 Å². The van der Waals surface area contributed by atoms with Gasteiger partial charge in [0.15, 0.2) is 0 Å². The van der Waals surface area contributed by atoms with Crippen LogP contribution in [-0.2, 0) is 11.3 Å². The van der Waals surface area contributed by atoms with Gasteiger partial charge < -0.3 is 4.90 Å². The molecule has 1 unspecified atom stereocenters. The predicted molar refractivity (Wildman–Crippen MR) is 72.0 cm³/mol. The van der Waals surface area contributed by atoms with Gasteiger partial charge in [-0.25, -0.2) is 0 Å². The fourth-order valence-electron chi connectivity index (χ4n) is 1.66. The zero-order valence-corrected chi connectivity index (χ0v) is 11.3. The molecule has 0 N–H and O–H groups in total. The number of alkyl halides is 1. The van der Waals surface area contributed by atoms with E-state index in [2.05, 4.69) is 0 Å². The molecule has 0 radical (unpaired) electrons. The monoisotopic (exact) mass is 253 g/mol. The first-order chi connectivity index (χ1) is 8.19. The maximum atomic E-state index is 12.1. The molecule has 2 nitrogen and oxygen atoms in total. The van der Waals surface area contributed by atoms with E-state index in [0.29, 0.717) is 19.0 Å². The predicted octanol–water partition coefficient (Wildman–Crippen LogP) is 3.30. The number of carbonyl (C=O) groups is 1. The standard InChI is InChI=1S/C14H20ClNO/c1-3-12(2)14(17)16(10-9-15)11-13-7-5-4-6-8-13/h4-8,12H,3,9-11H2,1-2H3. The van der Waals surface area contributed by atoms with Gasteiger partial charge in [-0.2, -0.15) is 0 Å². The van der Waals surface area contributed by atoms with E-state index in [9.17, 15) is 4.79 Å². The molecule has 1 rings (SSSR count). The van der Waals surface area contributed by atoms with E-state index < -0.39 is 0 Å². The number of amides is 1. The van der Waals surface area contributed by atoms with Crippen molar-refractivity contribution in [2.45, 2.75) is 26.8 Å². The Morgan fingerprint density at radius 2 is 2.00 bits per heavy atom. The van der Waals surface area contributed by atoms with Crippen molar-refractivity contribution in [1.29, 1.82) is 0 Å². The van der Waals surface area contributed by atoms with E-state index in [-0.39, 0.29) is 11.8 Å². The molecule has 0 fully saturated rings. The van der Waals surface area contributed by atoms with Crippen LogP contribution in [0.2, 0.25) is 0 Å². The van der Waals surface area contributed by atoms with Gasteiger partial charge in [-0.05, 0) is 12.0 Å². The Morgan fingerprint density at radius 1 is 1.35 bits per heavy atom. The van der Waals surface area contributed by atoms with Gasteiger partial charge in [-0.1, -0.05) is 44.2 Å². The van der Waals surface area contributed by atoms with E-state index in [1.165, 1.54) is 0 Å². The first-order valence-corrected chi connectivity index (χ1v) is 6.61. The lowest BCUT2D eigenvalue weighted by Gasteiger charge is -2.24. The highest BCUT2D eigenvalue weighted by Crippen LogP contribution is 2.11. The molecule has 3 heteroatoms. The molecule has 0 aliphatic heterocycles. The Hall–Kier alpha value is -1.02. The second kappa shape index (κ2) is 7.33. The van der Waals surface area contributed by atoms with Gasteiger partial charge in [0.05, 0.1) is 0 Å². The van der Waals surface area contributed by atoms with Crippen molar-refractivity contribution in [2.75, 3.05) is 12.4 Å². The lowest BCUT2D eigenvalue weighted by atomic mass is 10.1. The normalized spacial score (nSPS) is 12.2. The average Bonchev–Trinajstić information content (AvgIpc) is 2.37. The lowest BCUT2D eigenvalue weighted by molar-refractivity contribution is -0.135. The van der Waals surface area contributed by atoms with E-state index >= 15 is 0 Å². The fraction of sp³-hybridized carbons (Fsp3) is 0.500. The fourth-order valence-corrected chi connectivity index (χ4v) is 1.86. The van der Waals surface area contributed by atoms with Crippen molar-refractivity contribution in [3.63, 3.8) is 0 Å². The Balaban J connectivity index is 2.69. The molecule has 1 amide bonds. The lowest BCUT2D eigenvalue weighted by Crippen LogP contribution is -2.36. The molecule has 1 aromatic rings. The Bertz CT molecular complexity index is 339. The van der Waals surface area contributed by atoms with Crippen LogP contribution in [0.5, 0.6) is 0 Å². The van der Waals surface area contributed by atoms with E-state index in [1.807, 2.05) is 49.1 Å². The summed E-state index contributed by atoms with van der Waals surface area (Å²) in [5.41, 5.74) is 1.15. The topological polar surface area (TPSA) is 20.3 Å². The van der Waals surface area contributed by atoms with Crippen LogP contribution < -0.4 is 0 Å². The number of hydrogen-bond donors (Lipinski definition) is 0. The summed E-state index contributed by atoms with van der Waals surface area (Å²) >= 11 is 5.76. The molecule has 1 atom stereocenters. The molecule has 1 aromatic carbocycles. The smallest absolute Gasteiger partial charge is 0.225 e. The van der Waals surface area contributed by atoms with Gasteiger partial charge in [-0.15, -0.1) is 11.6 Å². The Labute approximate surface area is 109 Å². The van der Waals surface area contributed by atoms with Crippen molar-refractivity contribution in [2.24, 2.45) is 5.92 Å². The summed E-state index contributed by atoms with van der Waals surface area (Å²) in [6.45, 7) is 5.26. The molecule has 0 saturated carbocycles. The summed E-state index contributed by atoms with van der Waals surface area (Å²) in [4.78, 5) is 14.0. The van der Waals surface area contributed by atoms with Gasteiger partial charge in [0, 0.05) is 24.9 Å². The van der Waals surface area contributed by atoms with Crippen LogP contribution >= 0.6 is 11.6 Å². The van der Waals surface area contributed by atoms with Crippen LogP contribution in [0.25, 0.3) is 0 Å². The molecule has 0 heterocycles. The van der Waals surface area contributed by atoms with Crippen molar-refractivity contribution in [3.8, 4) is 0 Å². The third kappa shape index (κ3) is 4.39. The number of rotatable bonds is 6. The van der Waals surface area contributed by atoms with E-state index in [4.69, 9.17) is 11.6 Å². The van der Waals surface area contributed by atoms with Crippen LogP contribution in [0.15, 0.2) is 30.3 Å². The number of nitrogens with zero attached hydrogens (tertiary/aromatic N) is 1. The van der Waals surface area contributed by atoms with Crippen LogP contribution in [-0.4, -0.2) is 23.2 Å².